The second-order valence-electron chi connectivity index (χ2n) is 7.08. The molecule has 6 nitrogen and oxygen atoms in total. The summed E-state index contributed by atoms with van der Waals surface area (Å²) in [4.78, 5) is 30.2. The fourth-order valence-corrected chi connectivity index (χ4v) is 3.38. The smallest absolute Gasteiger partial charge is 0.236 e. The van der Waals surface area contributed by atoms with Gasteiger partial charge in [-0.2, -0.15) is 0 Å². The van der Waals surface area contributed by atoms with Gasteiger partial charge in [-0.05, 0) is 38.6 Å². The first-order valence-corrected chi connectivity index (χ1v) is 8.77. The van der Waals surface area contributed by atoms with Crippen LogP contribution in [0.1, 0.15) is 32.6 Å². The van der Waals surface area contributed by atoms with Gasteiger partial charge < -0.3 is 14.5 Å². The third-order valence-corrected chi connectivity index (χ3v) is 5.10. The van der Waals surface area contributed by atoms with Crippen LogP contribution in [0.25, 0.3) is 0 Å². The van der Waals surface area contributed by atoms with E-state index in [1.807, 2.05) is 28.8 Å². The van der Waals surface area contributed by atoms with Crippen molar-refractivity contribution in [3.8, 4) is 0 Å². The summed E-state index contributed by atoms with van der Waals surface area (Å²) in [5, 5.41) is 0. The molecule has 0 spiro atoms. The van der Waals surface area contributed by atoms with E-state index < -0.39 is 0 Å². The van der Waals surface area contributed by atoms with Crippen molar-refractivity contribution < 1.29 is 14.3 Å². The number of ether oxygens (including phenoxy) is 1. The van der Waals surface area contributed by atoms with Gasteiger partial charge in [0.2, 0.25) is 11.8 Å². The van der Waals surface area contributed by atoms with Crippen LogP contribution in [0.15, 0.2) is 0 Å². The maximum atomic E-state index is 12.4. The molecule has 0 unspecified atom stereocenters. The van der Waals surface area contributed by atoms with Gasteiger partial charge >= 0.3 is 0 Å². The van der Waals surface area contributed by atoms with E-state index in [2.05, 4.69) is 6.92 Å². The number of morpholine rings is 1. The van der Waals surface area contributed by atoms with E-state index in [1.54, 1.807) is 0 Å². The Bertz CT molecular complexity index is 402. The summed E-state index contributed by atoms with van der Waals surface area (Å²) < 4.78 is 5.26. The number of rotatable bonds is 5. The standard InChI is InChI=1S/C17H31N3O3/c1-14-4-6-15(7-5-14)19(3)16(21)12-18(2)13-17(22)20-8-10-23-11-9-20/h14-15H,4-13H2,1-3H3. The minimum absolute atomic E-state index is 0.0812. The molecule has 0 radical (unpaired) electrons. The van der Waals surface area contributed by atoms with Crippen LogP contribution < -0.4 is 0 Å². The normalized spacial score (nSPS) is 25.5. The largest absolute Gasteiger partial charge is 0.378 e. The fraction of sp³-hybridized carbons (Fsp3) is 0.882. The number of amides is 2. The van der Waals surface area contributed by atoms with Crippen molar-refractivity contribution in [2.45, 2.75) is 38.6 Å². The lowest BCUT2D eigenvalue weighted by Gasteiger charge is -2.34. The van der Waals surface area contributed by atoms with Crippen LogP contribution in [0, 0.1) is 5.92 Å². The zero-order valence-corrected chi connectivity index (χ0v) is 14.8. The quantitative estimate of drug-likeness (QED) is 0.751. The first-order valence-electron chi connectivity index (χ1n) is 8.77. The third kappa shape index (κ3) is 5.46. The van der Waals surface area contributed by atoms with Crippen LogP contribution in [-0.4, -0.2) is 86.0 Å². The molecular weight excluding hydrogens is 294 g/mol. The van der Waals surface area contributed by atoms with E-state index in [4.69, 9.17) is 4.74 Å². The number of hydrogen-bond acceptors (Lipinski definition) is 4. The summed E-state index contributed by atoms with van der Waals surface area (Å²) in [6.45, 7) is 5.40. The molecular formula is C17H31N3O3. The van der Waals surface area contributed by atoms with Crippen LogP contribution in [0.2, 0.25) is 0 Å². The minimum atomic E-state index is 0.0812. The topological polar surface area (TPSA) is 53.1 Å². The number of carbonyl (C=O) groups excluding carboxylic acids is 2. The van der Waals surface area contributed by atoms with E-state index in [0.29, 0.717) is 45.4 Å². The van der Waals surface area contributed by atoms with Crippen molar-refractivity contribution in [2.24, 2.45) is 5.92 Å². The molecule has 1 saturated heterocycles. The third-order valence-electron chi connectivity index (χ3n) is 5.10. The molecule has 1 heterocycles. The average Bonchev–Trinajstić information content (AvgIpc) is 2.55. The van der Waals surface area contributed by atoms with Crippen LogP contribution in [0.5, 0.6) is 0 Å². The molecule has 0 aromatic carbocycles. The Balaban J connectivity index is 1.74. The van der Waals surface area contributed by atoms with Gasteiger partial charge in [0.1, 0.15) is 0 Å². The number of nitrogens with zero attached hydrogens (tertiary/aromatic N) is 3. The van der Waals surface area contributed by atoms with Crippen molar-refractivity contribution >= 4 is 11.8 Å². The average molecular weight is 325 g/mol. The maximum absolute atomic E-state index is 12.4. The SMILES string of the molecule is CC1CCC(N(C)C(=O)CN(C)CC(=O)N2CCOCC2)CC1. The molecule has 6 heteroatoms. The first-order chi connectivity index (χ1) is 11.0. The van der Waals surface area contributed by atoms with Gasteiger partial charge in [0.25, 0.3) is 0 Å². The molecule has 2 amide bonds. The van der Waals surface area contributed by atoms with Crippen LogP contribution in [0.4, 0.5) is 0 Å². The molecule has 1 aliphatic carbocycles. The summed E-state index contributed by atoms with van der Waals surface area (Å²) in [5.74, 6) is 0.975. The summed E-state index contributed by atoms with van der Waals surface area (Å²) in [6, 6.07) is 0.363. The van der Waals surface area contributed by atoms with E-state index in [0.717, 1.165) is 18.8 Å². The fourth-order valence-electron chi connectivity index (χ4n) is 3.38. The summed E-state index contributed by atoms with van der Waals surface area (Å²) in [6.07, 6.45) is 4.60. The van der Waals surface area contributed by atoms with Gasteiger partial charge in [-0.1, -0.05) is 6.92 Å². The molecule has 0 aromatic rings. The molecule has 23 heavy (non-hydrogen) atoms. The highest BCUT2D eigenvalue weighted by Gasteiger charge is 2.26. The summed E-state index contributed by atoms with van der Waals surface area (Å²) in [5.41, 5.74) is 0. The molecule has 0 bridgehead atoms. The lowest BCUT2D eigenvalue weighted by atomic mass is 9.87. The van der Waals surface area contributed by atoms with Crippen molar-refractivity contribution in [2.75, 3.05) is 53.5 Å². The molecule has 1 saturated carbocycles. The lowest BCUT2D eigenvalue weighted by Crippen LogP contribution is -2.48. The second kappa shape index (κ2) is 8.64. The Morgan fingerprint density at radius 3 is 2.26 bits per heavy atom. The van der Waals surface area contributed by atoms with Gasteiger partial charge in [-0.25, -0.2) is 0 Å². The van der Waals surface area contributed by atoms with Gasteiger partial charge in [-0.3, -0.25) is 14.5 Å². The Kier molecular flexibility index (Phi) is 6.84. The molecule has 0 N–H and O–H groups in total. The number of carbonyl (C=O) groups is 2. The number of hydrogen-bond donors (Lipinski definition) is 0. The predicted octanol–water partition coefficient (Wildman–Crippen LogP) is 0.814. The highest BCUT2D eigenvalue weighted by Crippen LogP contribution is 2.26. The van der Waals surface area contributed by atoms with Gasteiger partial charge in [0, 0.05) is 26.2 Å². The van der Waals surface area contributed by atoms with Crippen molar-refractivity contribution in [3.63, 3.8) is 0 Å². The lowest BCUT2D eigenvalue weighted by molar-refractivity contribution is -0.138. The van der Waals surface area contributed by atoms with Gasteiger partial charge in [0.05, 0.1) is 26.3 Å². The summed E-state index contributed by atoms with van der Waals surface area (Å²) >= 11 is 0. The first kappa shape index (κ1) is 18.2. The molecule has 1 aliphatic heterocycles. The Morgan fingerprint density at radius 2 is 1.65 bits per heavy atom. The highest BCUT2D eigenvalue weighted by molar-refractivity contribution is 5.81. The van der Waals surface area contributed by atoms with Crippen LogP contribution >= 0.6 is 0 Å². The van der Waals surface area contributed by atoms with Crippen molar-refractivity contribution in [3.05, 3.63) is 0 Å². The van der Waals surface area contributed by atoms with Gasteiger partial charge in [-0.15, -0.1) is 0 Å². The van der Waals surface area contributed by atoms with E-state index >= 15 is 0 Å². The Hall–Kier alpha value is -1.14. The van der Waals surface area contributed by atoms with Crippen molar-refractivity contribution in [1.82, 2.24) is 14.7 Å². The molecule has 0 aromatic heterocycles. The van der Waals surface area contributed by atoms with E-state index in [9.17, 15) is 9.59 Å². The Labute approximate surface area is 139 Å². The molecule has 132 valence electrons. The highest BCUT2D eigenvalue weighted by atomic mass is 16.5. The maximum Gasteiger partial charge on any atom is 0.236 e. The summed E-state index contributed by atoms with van der Waals surface area (Å²) in [7, 11) is 3.74. The van der Waals surface area contributed by atoms with Crippen molar-refractivity contribution in [1.29, 1.82) is 0 Å². The second-order valence-corrected chi connectivity index (χ2v) is 7.08. The van der Waals surface area contributed by atoms with E-state index in [1.165, 1.54) is 12.8 Å². The predicted molar refractivity (Wildman–Crippen MR) is 89.1 cm³/mol. The molecule has 2 rings (SSSR count). The molecule has 2 aliphatic rings. The zero-order valence-electron chi connectivity index (χ0n) is 14.8. The number of likely N-dealkylation sites (N-methyl/N-ethyl adjacent to an activating group) is 2. The monoisotopic (exact) mass is 325 g/mol. The van der Waals surface area contributed by atoms with E-state index in [-0.39, 0.29) is 11.8 Å². The molecule has 2 fully saturated rings. The minimum Gasteiger partial charge on any atom is -0.378 e. The van der Waals surface area contributed by atoms with Crippen LogP contribution in [0.3, 0.4) is 0 Å². The Morgan fingerprint density at radius 1 is 1.04 bits per heavy atom. The van der Waals surface area contributed by atoms with Crippen LogP contribution in [-0.2, 0) is 14.3 Å². The molecule has 0 atom stereocenters. The zero-order chi connectivity index (χ0) is 16.8. The van der Waals surface area contributed by atoms with Gasteiger partial charge in [0.15, 0.2) is 0 Å².